The molecule has 0 radical (unpaired) electrons. The molecule has 1 amide bonds. The zero-order valence-electron chi connectivity index (χ0n) is 12.5. The number of ether oxygens (including phenoxy) is 1. The van der Waals surface area contributed by atoms with Gasteiger partial charge in [0.05, 0.1) is 12.2 Å². The fraction of sp³-hybridized carbons (Fsp3) is 0.278. The lowest BCUT2D eigenvalue weighted by atomic mass is 10.1. The van der Waals surface area contributed by atoms with E-state index in [0.717, 1.165) is 29.5 Å². The van der Waals surface area contributed by atoms with Crippen LogP contribution in [0.4, 0.5) is 5.69 Å². The number of nitrogens with zero attached hydrogens (tertiary/aromatic N) is 1. The van der Waals surface area contributed by atoms with Crippen molar-refractivity contribution < 1.29 is 9.53 Å². The molecule has 114 valence electrons. The van der Waals surface area contributed by atoms with E-state index in [2.05, 4.69) is 28.9 Å². The molecule has 1 aliphatic heterocycles. The van der Waals surface area contributed by atoms with E-state index < -0.39 is 0 Å². The Balaban J connectivity index is 1.94. The maximum atomic E-state index is 13.0. The number of amides is 1. The molecule has 0 aromatic heterocycles. The third-order valence-corrected chi connectivity index (χ3v) is 4.26. The molecule has 0 unspecified atom stereocenters. The van der Waals surface area contributed by atoms with E-state index >= 15 is 0 Å². The second-order valence-electron chi connectivity index (χ2n) is 5.32. The van der Waals surface area contributed by atoms with E-state index in [1.165, 1.54) is 5.56 Å². The van der Waals surface area contributed by atoms with Crippen LogP contribution >= 0.6 is 15.9 Å². The SMILES string of the molecule is CCCOc1ccc(Br)cc1C(=O)N1CCc2ccccc21. The molecule has 0 aliphatic carbocycles. The Labute approximate surface area is 139 Å². The lowest BCUT2D eigenvalue weighted by molar-refractivity contribution is 0.0985. The summed E-state index contributed by atoms with van der Waals surface area (Å²) >= 11 is 3.45. The summed E-state index contributed by atoms with van der Waals surface area (Å²) < 4.78 is 6.62. The van der Waals surface area contributed by atoms with Gasteiger partial charge in [0, 0.05) is 16.7 Å². The van der Waals surface area contributed by atoms with Crippen LogP contribution < -0.4 is 9.64 Å². The van der Waals surface area contributed by atoms with Crippen molar-refractivity contribution in [1.29, 1.82) is 0 Å². The quantitative estimate of drug-likeness (QED) is 0.807. The number of hydrogen-bond donors (Lipinski definition) is 0. The Kier molecular flexibility index (Phi) is 4.48. The lowest BCUT2D eigenvalue weighted by Gasteiger charge is -2.19. The molecular formula is C18H18BrNO2. The van der Waals surface area contributed by atoms with Crippen molar-refractivity contribution >= 4 is 27.5 Å². The van der Waals surface area contributed by atoms with Crippen LogP contribution in [0.3, 0.4) is 0 Å². The van der Waals surface area contributed by atoms with Gasteiger partial charge < -0.3 is 9.64 Å². The van der Waals surface area contributed by atoms with Crippen LogP contribution in [0.25, 0.3) is 0 Å². The van der Waals surface area contributed by atoms with Crippen molar-refractivity contribution in [3.05, 3.63) is 58.1 Å². The third-order valence-electron chi connectivity index (χ3n) is 3.77. The number of anilines is 1. The minimum absolute atomic E-state index is 0.00245. The second kappa shape index (κ2) is 6.53. The van der Waals surface area contributed by atoms with E-state index in [1.807, 2.05) is 41.3 Å². The van der Waals surface area contributed by atoms with Gasteiger partial charge in [0.25, 0.3) is 5.91 Å². The van der Waals surface area contributed by atoms with Gasteiger partial charge in [-0.3, -0.25) is 4.79 Å². The van der Waals surface area contributed by atoms with Crippen molar-refractivity contribution in [2.75, 3.05) is 18.1 Å². The molecule has 2 aromatic carbocycles. The van der Waals surface area contributed by atoms with Crippen LogP contribution in [0.2, 0.25) is 0 Å². The number of para-hydroxylation sites is 1. The average molecular weight is 360 g/mol. The van der Waals surface area contributed by atoms with Gasteiger partial charge in [-0.1, -0.05) is 41.1 Å². The van der Waals surface area contributed by atoms with Gasteiger partial charge >= 0.3 is 0 Å². The monoisotopic (exact) mass is 359 g/mol. The summed E-state index contributed by atoms with van der Waals surface area (Å²) in [7, 11) is 0. The molecule has 0 saturated carbocycles. The third kappa shape index (κ3) is 2.88. The van der Waals surface area contributed by atoms with E-state index in [1.54, 1.807) is 0 Å². The molecule has 22 heavy (non-hydrogen) atoms. The number of hydrogen-bond acceptors (Lipinski definition) is 2. The number of rotatable bonds is 4. The summed E-state index contributed by atoms with van der Waals surface area (Å²) in [6, 6.07) is 13.7. The van der Waals surface area contributed by atoms with Crippen molar-refractivity contribution in [3.8, 4) is 5.75 Å². The summed E-state index contributed by atoms with van der Waals surface area (Å²) in [6.07, 6.45) is 1.82. The number of benzene rings is 2. The Morgan fingerprint density at radius 2 is 2.09 bits per heavy atom. The van der Waals surface area contributed by atoms with Crippen molar-refractivity contribution in [1.82, 2.24) is 0 Å². The van der Waals surface area contributed by atoms with E-state index in [4.69, 9.17) is 4.74 Å². The first-order chi connectivity index (χ1) is 10.7. The first-order valence-electron chi connectivity index (χ1n) is 7.53. The highest BCUT2D eigenvalue weighted by Gasteiger charge is 2.27. The number of carbonyl (C=O) groups is 1. The van der Waals surface area contributed by atoms with Crippen LogP contribution in [-0.2, 0) is 6.42 Å². The summed E-state index contributed by atoms with van der Waals surface area (Å²) in [6.45, 7) is 3.38. The first-order valence-corrected chi connectivity index (χ1v) is 8.32. The van der Waals surface area contributed by atoms with Gasteiger partial charge in [-0.05, 0) is 42.7 Å². The fourth-order valence-corrected chi connectivity index (χ4v) is 3.06. The van der Waals surface area contributed by atoms with Crippen LogP contribution in [-0.4, -0.2) is 19.1 Å². The number of halogens is 1. The molecule has 1 aliphatic rings. The predicted octanol–water partition coefficient (Wildman–Crippen LogP) is 4.44. The standard InChI is InChI=1S/C18H18BrNO2/c1-2-11-22-17-8-7-14(19)12-15(17)18(21)20-10-9-13-5-3-4-6-16(13)20/h3-8,12H,2,9-11H2,1H3. The second-order valence-corrected chi connectivity index (χ2v) is 6.24. The maximum absolute atomic E-state index is 13.0. The molecule has 0 bridgehead atoms. The topological polar surface area (TPSA) is 29.5 Å². The molecule has 3 rings (SSSR count). The van der Waals surface area contributed by atoms with Gasteiger partial charge in [-0.15, -0.1) is 0 Å². The predicted molar refractivity (Wildman–Crippen MR) is 91.8 cm³/mol. The van der Waals surface area contributed by atoms with Crippen LogP contribution in [0.15, 0.2) is 46.9 Å². The highest BCUT2D eigenvalue weighted by Crippen LogP contribution is 2.32. The highest BCUT2D eigenvalue weighted by atomic mass is 79.9. The molecule has 0 fully saturated rings. The Morgan fingerprint density at radius 3 is 2.91 bits per heavy atom. The Morgan fingerprint density at radius 1 is 1.27 bits per heavy atom. The van der Waals surface area contributed by atoms with Crippen molar-refractivity contribution in [3.63, 3.8) is 0 Å². The molecule has 0 spiro atoms. The summed E-state index contributed by atoms with van der Waals surface area (Å²) in [5.41, 5.74) is 2.84. The van der Waals surface area contributed by atoms with Crippen LogP contribution in [0, 0.1) is 0 Å². The average Bonchev–Trinajstić information content (AvgIpc) is 2.97. The van der Waals surface area contributed by atoms with Gasteiger partial charge in [0.1, 0.15) is 5.75 Å². The summed E-state index contributed by atoms with van der Waals surface area (Å²) in [4.78, 5) is 14.8. The van der Waals surface area contributed by atoms with E-state index in [-0.39, 0.29) is 5.91 Å². The van der Waals surface area contributed by atoms with Crippen LogP contribution in [0.5, 0.6) is 5.75 Å². The summed E-state index contributed by atoms with van der Waals surface area (Å²) in [5, 5.41) is 0. The first kappa shape index (κ1) is 15.1. The van der Waals surface area contributed by atoms with Gasteiger partial charge in [0.2, 0.25) is 0 Å². The van der Waals surface area contributed by atoms with E-state index in [0.29, 0.717) is 17.9 Å². The van der Waals surface area contributed by atoms with Gasteiger partial charge in [-0.2, -0.15) is 0 Å². The van der Waals surface area contributed by atoms with Crippen LogP contribution in [0.1, 0.15) is 29.3 Å². The number of carbonyl (C=O) groups excluding carboxylic acids is 1. The van der Waals surface area contributed by atoms with Gasteiger partial charge in [0.15, 0.2) is 0 Å². The Hall–Kier alpha value is -1.81. The molecule has 3 nitrogen and oxygen atoms in total. The Bertz CT molecular complexity index is 699. The molecule has 4 heteroatoms. The zero-order chi connectivity index (χ0) is 15.5. The summed E-state index contributed by atoms with van der Waals surface area (Å²) in [5.74, 6) is 0.650. The molecule has 1 heterocycles. The highest BCUT2D eigenvalue weighted by molar-refractivity contribution is 9.10. The van der Waals surface area contributed by atoms with Gasteiger partial charge in [-0.25, -0.2) is 0 Å². The fourth-order valence-electron chi connectivity index (χ4n) is 2.70. The van der Waals surface area contributed by atoms with E-state index in [9.17, 15) is 4.79 Å². The molecule has 2 aromatic rings. The lowest BCUT2D eigenvalue weighted by Crippen LogP contribution is -2.29. The molecule has 0 saturated heterocycles. The molecular weight excluding hydrogens is 342 g/mol. The van der Waals surface area contributed by atoms with Crippen molar-refractivity contribution in [2.45, 2.75) is 19.8 Å². The maximum Gasteiger partial charge on any atom is 0.262 e. The normalized spacial score (nSPS) is 13.1. The zero-order valence-corrected chi connectivity index (χ0v) is 14.1. The largest absolute Gasteiger partial charge is 0.493 e. The minimum Gasteiger partial charge on any atom is -0.493 e. The minimum atomic E-state index is -0.00245. The molecule has 0 N–H and O–H groups in total. The van der Waals surface area contributed by atoms with Crippen molar-refractivity contribution in [2.24, 2.45) is 0 Å². The smallest absolute Gasteiger partial charge is 0.262 e. The molecule has 0 atom stereocenters. The number of fused-ring (bicyclic) bond motifs is 1.